The Hall–Kier alpha value is -1.10. The highest BCUT2D eigenvalue weighted by Gasteiger charge is 2.28. The molecule has 0 heterocycles. The number of aliphatic carboxylic acids is 1. The molecule has 1 unspecified atom stereocenters. The minimum absolute atomic E-state index is 0.0156. The molecule has 1 atom stereocenters. The van der Waals surface area contributed by atoms with E-state index in [1.165, 1.54) is 0 Å². The molecule has 110 valence electrons. The van der Waals surface area contributed by atoms with Crippen molar-refractivity contribution in [3.8, 4) is 0 Å². The van der Waals surface area contributed by atoms with E-state index in [1.54, 1.807) is 4.90 Å². The lowest BCUT2D eigenvalue weighted by Crippen LogP contribution is -2.42. The van der Waals surface area contributed by atoms with Gasteiger partial charge in [0, 0.05) is 12.5 Å². The van der Waals surface area contributed by atoms with Gasteiger partial charge in [-0.3, -0.25) is 9.59 Å². The third-order valence-corrected chi connectivity index (χ3v) is 3.90. The smallest absolute Gasteiger partial charge is 0.323 e. The Labute approximate surface area is 115 Å². The first-order valence-corrected chi connectivity index (χ1v) is 7.26. The Morgan fingerprint density at radius 2 is 1.95 bits per heavy atom. The highest BCUT2D eigenvalue weighted by atomic mass is 16.4. The van der Waals surface area contributed by atoms with Crippen molar-refractivity contribution in [2.24, 2.45) is 11.7 Å². The Morgan fingerprint density at radius 1 is 1.32 bits per heavy atom. The Kier molecular flexibility index (Phi) is 6.84. The zero-order chi connectivity index (χ0) is 14.3. The van der Waals surface area contributed by atoms with Crippen LogP contribution in [-0.2, 0) is 9.59 Å². The first kappa shape index (κ1) is 16.0. The maximum atomic E-state index is 12.2. The minimum Gasteiger partial charge on any atom is -0.480 e. The van der Waals surface area contributed by atoms with Crippen LogP contribution in [0.4, 0.5) is 0 Å². The summed E-state index contributed by atoms with van der Waals surface area (Å²) >= 11 is 0. The number of carbonyl (C=O) groups is 2. The highest BCUT2D eigenvalue weighted by Crippen LogP contribution is 2.24. The summed E-state index contributed by atoms with van der Waals surface area (Å²) in [5.74, 6) is -0.516. The maximum Gasteiger partial charge on any atom is 0.323 e. The monoisotopic (exact) mass is 270 g/mol. The summed E-state index contributed by atoms with van der Waals surface area (Å²) in [4.78, 5) is 24.7. The van der Waals surface area contributed by atoms with E-state index in [-0.39, 0.29) is 18.5 Å². The second-order valence-corrected chi connectivity index (χ2v) is 5.57. The highest BCUT2D eigenvalue weighted by molar-refractivity contribution is 5.81. The van der Waals surface area contributed by atoms with Crippen molar-refractivity contribution in [2.75, 3.05) is 13.1 Å². The topological polar surface area (TPSA) is 83.6 Å². The van der Waals surface area contributed by atoms with Crippen LogP contribution in [-0.4, -0.2) is 41.0 Å². The molecule has 1 amide bonds. The van der Waals surface area contributed by atoms with Gasteiger partial charge in [-0.1, -0.05) is 19.8 Å². The predicted octanol–water partition coefficient (Wildman–Crippen LogP) is 1.61. The number of nitrogens with zero attached hydrogens (tertiary/aromatic N) is 1. The lowest BCUT2D eigenvalue weighted by Gasteiger charge is -2.27. The van der Waals surface area contributed by atoms with Crippen molar-refractivity contribution in [1.29, 1.82) is 0 Å². The van der Waals surface area contributed by atoms with Gasteiger partial charge in [-0.15, -0.1) is 0 Å². The zero-order valence-corrected chi connectivity index (χ0v) is 11.8. The summed E-state index contributed by atoms with van der Waals surface area (Å²) < 4.78 is 0. The fraction of sp³-hybridized carbons (Fsp3) is 0.857. The van der Waals surface area contributed by atoms with Crippen molar-refractivity contribution in [2.45, 2.75) is 57.9 Å². The zero-order valence-electron chi connectivity index (χ0n) is 11.8. The molecule has 0 bridgehead atoms. The van der Waals surface area contributed by atoms with Crippen LogP contribution in [0.1, 0.15) is 51.9 Å². The predicted molar refractivity (Wildman–Crippen MR) is 73.7 cm³/mol. The molecule has 1 aliphatic rings. The third kappa shape index (κ3) is 5.59. The van der Waals surface area contributed by atoms with Crippen molar-refractivity contribution < 1.29 is 14.7 Å². The minimum atomic E-state index is -0.921. The molecular formula is C14H26N2O3. The fourth-order valence-corrected chi connectivity index (χ4v) is 2.72. The number of carboxylic acid groups (broad SMARTS) is 1. The summed E-state index contributed by atoms with van der Waals surface area (Å²) in [5, 5.41) is 8.94. The summed E-state index contributed by atoms with van der Waals surface area (Å²) in [6.07, 6.45) is 6.21. The van der Waals surface area contributed by atoms with Crippen LogP contribution in [0.15, 0.2) is 0 Å². The SMILES string of the molecule is CC(CCN)CCC(=O)N(CC(=O)O)C1CCCC1. The van der Waals surface area contributed by atoms with Gasteiger partial charge in [0.1, 0.15) is 6.54 Å². The molecule has 5 heteroatoms. The van der Waals surface area contributed by atoms with Crippen molar-refractivity contribution in [1.82, 2.24) is 4.90 Å². The number of hydrogen-bond acceptors (Lipinski definition) is 3. The van der Waals surface area contributed by atoms with Crippen molar-refractivity contribution >= 4 is 11.9 Å². The van der Waals surface area contributed by atoms with Gasteiger partial charge in [0.05, 0.1) is 0 Å². The van der Waals surface area contributed by atoms with E-state index >= 15 is 0 Å². The van der Waals surface area contributed by atoms with Crippen LogP contribution in [0, 0.1) is 5.92 Å². The molecular weight excluding hydrogens is 244 g/mol. The van der Waals surface area contributed by atoms with Crippen LogP contribution >= 0.6 is 0 Å². The van der Waals surface area contributed by atoms with E-state index in [9.17, 15) is 9.59 Å². The molecule has 19 heavy (non-hydrogen) atoms. The van der Waals surface area contributed by atoms with Crippen LogP contribution in [0.25, 0.3) is 0 Å². The van der Waals surface area contributed by atoms with Crippen molar-refractivity contribution in [3.05, 3.63) is 0 Å². The second-order valence-electron chi connectivity index (χ2n) is 5.57. The second kappa shape index (κ2) is 8.15. The number of carbonyl (C=O) groups excluding carboxylic acids is 1. The summed E-state index contributed by atoms with van der Waals surface area (Å²) in [7, 11) is 0. The van der Waals surface area contributed by atoms with E-state index in [1.807, 2.05) is 0 Å². The Balaban J connectivity index is 2.48. The lowest BCUT2D eigenvalue weighted by molar-refractivity contribution is -0.146. The fourth-order valence-electron chi connectivity index (χ4n) is 2.72. The quantitative estimate of drug-likeness (QED) is 0.702. The van der Waals surface area contributed by atoms with E-state index in [2.05, 4.69) is 6.92 Å². The molecule has 5 nitrogen and oxygen atoms in total. The van der Waals surface area contributed by atoms with Gasteiger partial charge >= 0.3 is 5.97 Å². The maximum absolute atomic E-state index is 12.2. The molecule has 0 spiro atoms. The van der Waals surface area contributed by atoms with E-state index in [4.69, 9.17) is 10.8 Å². The van der Waals surface area contributed by atoms with Crippen LogP contribution in [0.3, 0.4) is 0 Å². The molecule has 1 aliphatic carbocycles. The van der Waals surface area contributed by atoms with E-state index in [0.29, 0.717) is 18.9 Å². The summed E-state index contributed by atoms with van der Waals surface area (Å²) in [5.41, 5.74) is 5.49. The molecule has 0 aromatic heterocycles. The van der Waals surface area contributed by atoms with Crippen LogP contribution in [0.5, 0.6) is 0 Å². The van der Waals surface area contributed by atoms with Crippen molar-refractivity contribution in [3.63, 3.8) is 0 Å². The normalized spacial score (nSPS) is 17.4. The Morgan fingerprint density at radius 3 is 2.47 bits per heavy atom. The summed E-state index contributed by atoms with van der Waals surface area (Å²) in [6.45, 7) is 2.56. The summed E-state index contributed by atoms with van der Waals surface area (Å²) in [6, 6.07) is 0.133. The molecule has 1 saturated carbocycles. The van der Waals surface area contributed by atoms with E-state index in [0.717, 1.165) is 38.5 Å². The first-order valence-electron chi connectivity index (χ1n) is 7.26. The molecule has 3 N–H and O–H groups in total. The number of carboxylic acids is 1. The number of rotatable bonds is 8. The standard InChI is InChI=1S/C14H26N2O3/c1-11(8-9-15)6-7-13(17)16(10-14(18)19)12-4-2-3-5-12/h11-12H,2-10,15H2,1H3,(H,18,19). The van der Waals surface area contributed by atoms with Gasteiger partial charge in [0.2, 0.25) is 5.91 Å². The molecule has 0 aromatic rings. The molecule has 0 aromatic carbocycles. The van der Waals surface area contributed by atoms with Gasteiger partial charge in [0.15, 0.2) is 0 Å². The lowest BCUT2D eigenvalue weighted by atomic mass is 10.0. The Bertz CT molecular complexity index is 301. The average Bonchev–Trinajstić information content (AvgIpc) is 2.86. The van der Waals surface area contributed by atoms with Crippen LogP contribution in [0.2, 0.25) is 0 Å². The van der Waals surface area contributed by atoms with Gasteiger partial charge in [0.25, 0.3) is 0 Å². The average molecular weight is 270 g/mol. The van der Waals surface area contributed by atoms with Gasteiger partial charge in [-0.05, 0) is 38.1 Å². The number of hydrogen-bond donors (Lipinski definition) is 2. The van der Waals surface area contributed by atoms with E-state index < -0.39 is 5.97 Å². The third-order valence-electron chi connectivity index (χ3n) is 3.90. The molecule has 0 saturated heterocycles. The molecule has 0 aliphatic heterocycles. The molecule has 1 fully saturated rings. The van der Waals surface area contributed by atoms with Crippen LogP contribution < -0.4 is 5.73 Å². The number of amides is 1. The number of nitrogens with two attached hydrogens (primary N) is 1. The largest absolute Gasteiger partial charge is 0.480 e. The van der Waals surface area contributed by atoms with Gasteiger partial charge in [-0.25, -0.2) is 0 Å². The van der Waals surface area contributed by atoms with Gasteiger partial charge < -0.3 is 15.7 Å². The molecule has 1 rings (SSSR count). The molecule has 0 radical (unpaired) electrons. The first-order chi connectivity index (χ1) is 9.04. The van der Waals surface area contributed by atoms with Gasteiger partial charge in [-0.2, -0.15) is 0 Å².